The molecule has 1 aliphatic heterocycles. The summed E-state index contributed by atoms with van der Waals surface area (Å²) in [7, 11) is -4.67. The molecule has 0 radical (unpaired) electrons. The molecule has 32 heavy (non-hydrogen) atoms. The van der Waals surface area contributed by atoms with Crippen molar-refractivity contribution in [2.45, 2.75) is 24.5 Å². The standard InChI is InChI=1S/C16H17N7O8S/c17-12-9-13(20-5-19-12)23(6-21-9)16-11(25)10(24)8(31-16)4-30-32(28,29)22-15(27)7-2-1-3-18-14(7)26/h1-3,5-6,8,10-11,16,24-25H,4H2,(H,18,26)(H,22,27)(H2,17,19,20)/t8?,10-,11-,16?/m1/s1. The highest BCUT2D eigenvalue weighted by atomic mass is 32.2. The van der Waals surface area contributed by atoms with Gasteiger partial charge in [-0.1, -0.05) is 0 Å². The Kier molecular flexibility index (Phi) is 5.61. The molecule has 1 saturated heterocycles. The Hall–Kier alpha value is -3.44. The van der Waals surface area contributed by atoms with Crippen molar-refractivity contribution in [1.82, 2.24) is 29.2 Å². The van der Waals surface area contributed by atoms with Gasteiger partial charge in [0.05, 0.1) is 12.9 Å². The Balaban J connectivity index is 1.44. The molecule has 1 aliphatic rings. The lowest BCUT2D eigenvalue weighted by Crippen LogP contribution is -2.39. The topological polar surface area (TPSA) is 225 Å². The van der Waals surface area contributed by atoms with Crippen LogP contribution in [0.4, 0.5) is 5.82 Å². The number of aliphatic hydroxyl groups excluding tert-OH is 2. The first-order chi connectivity index (χ1) is 15.2. The van der Waals surface area contributed by atoms with E-state index in [1.807, 2.05) is 0 Å². The molecule has 4 heterocycles. The first kappa shape index (κ1) is 21.8. The van der Waals surface area contributed by atoms with E-state index < -0.39 is 58.5 Å². The van der Waals surface area contributed by atoms with Crippen molar-refractivity contribution >= 4 is 33.2 Å². The molecule has 0 bridgehead atoms. The molecule has 15 nitrogen and oxygen atoms in total. The Morgan fingerprint density at radius 3 is 2.84 bits per heavy atom. The van der Waals surface area contributed by atoms with Crippen LogP contribution in [0.25, 0.3) is 11.2 Å². The summed E-state index contributed by atoms with van der Waals surface area (Å²) in [6.45, 7) is -0.744. The summed E-state index contributed by atoms with van der Waals surface area (Å²) in [6.07, 6.45) is -1.78. The SMILES string of the molecule is Nc1ncnc2c1ncn2C1OC(COS(=O)(=O)NC(=O)c2ccc[nH]c2=O)[C@@H](O)[C@H]1O. The fourth-order valence-corrected chi connectivity index (χ4v) is 3.82. The van der Waals surface area contributed by atoms with Gasteiger partial charge in [-0.2, -0.15) is 8.42 Å². The van der Waals surface area contributed by atoms with Gasteiger partial charge in [0.25, 0.3) is 11.5 Å². The largest absolute Gasteiger partial charge is 0.387 e. The molecule has 3 aromatic rings. The number of pyridine rings is 1. The highest BCUT2D eigenvalue weighted by Gasteiger charge is 2.45. The summed E-state index contributed by atoms with van der Waals surface area (Å²) in [5, 5.41) is 20.6. The number of amides is 1. The molecule has 170 valence electrons. The molecule has 3 aromatic heterocycles. The van der Waals surface area contributed by atoms with E-state index in [4.69, 9.17) is 14.7 Å². The fourth-order valence-electron chi connectivity index (χ4n) is 3.11. The first-order valence-corrected chi connectivity index (χ1v) is 10.4. The monoisotopic (exact) mass is 467 g/mol. The van der Waals surface area contributed by atoms with Gasteiger partial charge in [-0.05, 0) is 12.1 Å². The van der Waals surface area contributed by atoms with Crippen LogP contribution in [0.1, 0.15) is 16.6 Å². The van der Waals surface area contributed by atoms with Crippen molar-refractivity contribution in [3.63, 3.8) is 0 Å². The third-order valence-electron chi connectivity index (χ3n) is 4.67. The third kappa shape index (κ3) is 4.04. The molecule has 6 N–H and O–H groups in total. The van der Waals surface area contributed by atoms with Gasteiger partial charge in [0.1, 0.15) is 35.7 Å². The molecular formula is C16H17N7O8S. The number of H-pyrrole nitrogens is 1. The lowest BCUT2D eigenvalue weighted by Gasteiger charge is -2.16. The predicted octanol–water partition coefficient (Wildman–Crippen LogP) is -2.59. The number of ether oxygens (including phenoxy) is 1. The van der Waals surface area contributed by atoms with E-state index in [1.54, 1.807) is 4.72 Å². The van der Waals surface area contributed by atoms with Crippen LogP contribution in [0.15, 0.2) is 35.8 Å². The van der Waals surface area contributed by atoms with Crippen LogP contribution < -0.4 is 16.0 Å². The van der Waals surface area contributed by atoms with Gasteiger partial charge in [-0.15, -0.1) is 0 Å². The second-order valence-electron chi connectivity index (χ2n) is 6.71. The van der Waals surface area contributed by atoms with E-state index in [2.05, 4.69) is 19.9 Å². The molecule has 0 aromatic carbocycles. The van der Waals surface area contributed by atoms with E-state index in [0.717, 1.165) is 6.07 Å². The number of hydrogen-bond donors (Lipinski definition) is 5. The quantitative estimate of drug-likeness (QED) is 0.252. The number of carbonyl (C=O) groups is 1. The third-order valence-corrected chi connectivity index (χ3v) is 5.55. The summed E-state index contributed by atoms with van der Waals surface area (Å²) in [5.41, 5.74) is 4.96. The molecule has 16 heteroatoms. The van der Waals surface area contributed by atoms with E-state index in [0.29, 0.717) is 0 Å². The maximum atomic E-state index is 12.1. The minimum atomic E-state index is -4.67. The van der Waals surface area contributed by atoms with Crippen molar-refractivity contribution in [1.29, 1.82) is 0 Å². The minimum Gasteiger partial charge on any atom is -0.387 e. The Morgan fingerprint density at radius 1 is 1.31 bits per heavy atom. The second-order valence-corrected chi connectivity index (χ2v) is 8.06. The van der Waals surface area contributed by atoms with E-state index in [9.17, 15) is 28.2 Å². The number of nitrogens with two attached hydrogens (primary N) is 1. The van der Waals surface area contributed by atoms with Crippen LogP contribution in [-0.2, 0) is 19.2 Å². The molecule has 4 atom stereocenters. The van der Waals surface area contributed by atoms with Gasteiger partial charge in [0.2, 0.25) is 0 Å². The first-order valence-electron chi connectivity index (χ1n) is 9.02. The van der Waals surface area contributed by atoms with Gasteiger partial charge in [-0.25, -0.2) is 19.7 Å². The molecular weight excluding hydrogens is 450 g/mol. The molecule has 0 saturated carbocycles. The highest BCUT2D eigenvalue weighted by molar-refractivity contribution is 7.85. The van der Waals surface area contributed by atoms with Crippen LogP contribution in [0.5, 0.6) is 0 Å². The van der Waals surface area contributed by atoms with Crippen LogP contribution in [0.2, 0.25) is 0 Å². The van der Waals surface area contributed by atoms with Crippen molar-refractivity contribution < 1.29 is 32.3 Å². The second kappa shape index (κ2) is 8.24. The lowest BCUT2D eigenvalue weighted by molar-refractivity contribution is -0.0468. The van der Waals surface area contributed by atoms with Gasteiger partial charge in [-0.3, -0.25) is 18.3 Å². The number of carbonyl (C=O) groups excluding carboxylic acids is 1. The normalized spacial score (nSPS) is 23.4. The van der Waals surface area contributed by atoms with Crippen LogP contribution in [-0.4, -0.2) is 74.0 Å². The molecule has 0 spiro atoms. The Morgan fingerprint density at radius 2 is 2.09 bits per heavy atom. The van der Waals surface area contributed by atoms with Crippen molar-refractivity contribution in [3.8, 4) is 0 Å². The van der Waals surface area contributed by atoms with E-state index >= 15 is 0 Å². The van der Waals surface area contributed by atoms with Crippen molar-refractivity contribution in [2.24, 2.45) is 0 Å². The van der Waals surface area contributed by atoms with E-state index in [1.165, 1.54) is 29.5 Å². The number of aromatic nitrogens is 5. The summed E-state index contributed by atoms with van der Waals surface area (Å²) >= 11 is 0. The fraction of sp³-hybridized carbons (Fsp3) is 0.312. The van der Waals surface area contributed by atoms with E-state index in [-0.39, 0.29) is 17.0 Å². The van der Waals surface area contributed by atoms with Crippen molar-refractivity contribution in [3.05, 3.63) is 46.9 Å². The molecule has 4 rings (SSSR count). The summed E-state index contributed by atoms with van der Waals surface area (Å²) in [6, 6.07) is 2.46. The Labute approximate surface area is 179 Å². The van der Waals surface area contributed by atoms with Gasteiger partial charge in [0, 0.05) is 6.20 Å². The van der Waals surface area contributed by atoms with Gasteiger partial charge < -0.3 is 25.7 Å². The van der Waals surface area contributed by atoms with Gasteiger partial charge in [0.15, 0.2) is 17.7 Å². The average Bonchev–Trinajstić information content (AvgIpc) is 3.29. The smallest absolute Gasteiger partial charge is 0.362 e. The predicted molar refractivity (Wildman–Crippen MR) is 105 cm³/mol. The number of fused-ring (bicyclic) bond motifs is 1. The molecule has 1 amide bonds. The number of nitrogen functional groups attached to an aromatic ring is 1. The summed E-state index contributed by atoms with van der Waals surface area (Å²) in [4.78, 5) is 37.7. The number of hydrogen-bond acceptors (Lipinski definition) is 12. The zero-order chi connectivity index (χ0) is 23.0. The van der Waals surface area contributed by atoms with Crippen LogP contribution in [0.3, 0.4) is 0 Å². The van der Waals surface area contributed by atoms with Crippen LogP contribution >= 0.6 is 0 Å². The lowest BCUT2D eigenvalue weighted by atomic mass is 10.1. The zero-order valence-corrected chi connectivity index (χ0v) is 16.8. The van der Waals surface area contributed by atoms with Gasteiger partial charge >= 0.3 is 10.3 Å². The van der Waals surface area contributed by atoms with Crippen LogP contribution in [0, 0.1) is 0 Å². The number of aliphatic hydroxyl groups is 2. The number of imidazole rings is 1. The maximum absolute atomic E-state index is 12.1. The summed E-state index contributed by atoms with van der Waals surface area (Å²) < 4.78 is 37.3. The number of aromatic amines is 1. The Bertz CT molecular complexity index is 1320. The maximum Gasteiger partial charge on any atom is 0.362 e. The number of nitrogens with zero attached hydrogens (tertiary/aromatic N) is 4. The molecule has 1 fully saturated rings. The summed E-state index contributed by atoms with van der Waals surface area (Å²) in [5.74, 6) is -1.11. The number of nitrogens with one attached hydrogen (secondary N) is 2. The zero-order valence-electron chi connectivity index (χ0n) is 16.0. The number of anilines is 1. The highest BCUT2D eigenvalue weighted by Crippen LogP contribution is 2.32. The van der Waals surface area contributed by atoms with Crippen molar-refractivity contribution in [2.75, 3.05) is 12.3 Å². The average molecular weight is 467 g/mol. The molecule has 0 aliphatic carbocycles. The molecule has 2 unspecified atom stereocenters. The minimum absolute atomic E-state index is 0.0979. The number of rotatable bonds is 6.